The van der Waals surface area contributed by atoms with Crippen LogP contribution in [0.4, 0.5) is 13.2 Å². The van der Waals surface area contributed by atoms with Crippen LogP contribution in [-0.4, -0.2) is 41.9 Å². The molecule has 0 aliphatic heterocycles. The molecule has 0 aromatic heterocycles. The Balaban J connectivity index is 1.48. The molecular weight excluding hydrogens is 327 g/mol. The first-order valence-corrected chi connectivity index (χ1v) is 8.28. The number of aliphatic hydroxyl groups is 1. The van der Waals surface area contributed by atoms with Gasteiger partial charge in [0.2, 0.25) is 0 Å². The lowest BCUT2D eigenvalue weighted by Gasteiger charge is -2.60. The van der Waals surface area contributed by atoms with Crippen molar-refractivity contribution in [3.63, 3.8) is 0 Å². The topological polar surface area (TPSA) is 75.6 Å². The highest BCUT2D eigenvalue weighted by Gasteiger charge is 2.57. The second-order valence-corrected chi connectivity index (χ2v) is 7.91. The largest absolute Gasteiger partial charge is 0.456 e. The van der Waals surface area contributed by atoms with Crippen molar-refractivity contribution in [3.05, 3.63) is 0 Å². The highest BCUT2D eigenvalue weighted by Crippen LogP contribution is 2.62. The van der Waals surface area contributed by atoms with Crippen LogP contribution >= 0.6 is 0 Å². The molecule has 4 bridgehead atoms. The lowest BCUT2D eigenvalue weighted by molar-refractivity contribution is -0.177. The van der Waals surface area contributed by atoms with E-state index in [-0.39, 0.29) is 11.8 Å². The fourth-order valence-electron chi connectivity index (χ4n) is 5.36. The SMILES string of the molecule is O=C(COC(=O)CC12C[C@@H]3C[C@@H](CC(O)(C3)C1)C2)NCC(F)(F)F. The number of rotatable bonds is 5. The first-order valence-electron chi connectivity index (χ1n) is 8.28. The average Bonchev–Trinajstić information content (AvgIpc) is 2.38. The monoisotopic (exact) mass is 349 g/mol. The average molecular weight is 349 g/mol. The second-order valence-electron chi connectivity index (χ2n) is 7.91. The molecule has 4 saturated carbocycles. The molecule has 4 fully saturated rings. The molecule has 4 atom stereocenters. The van der Waals surface area contributed by atoms with E-state index in [0.29, 0.717) is 18.3 Å². The van der Waals surface area contributed by atoms with E-state index in [2.05, 4.69) is 0 Å². The van der Waals surface area contributed by atoms with Gasteiger partial charge in [0.15, 0.2) is 6.61 Å². The Morgan fingerprint density at radius 1 is 1.17 bits per heavy atom. The number of carbonyl (C=O) groups is 2. The molecule has 8 heteroatoms. The van der Waals surface area contributed by atoms with Crippen LogP contribution in [0.15, 0.2) is 0 Å². The van der Waals surface area contributed by atoms with E-state index in [1.807, 2.05) is 0 Å². The van der Waals surface area contributed by atoms with Gasteiger partial charge >= 0.3 is 12.1 Å². The number of nitrogens with one attached hydrogen (secondary N) is 1. The van der Waals surface area contributed by atoms with E-state index in [1.165, 1.54) is 0 Å². The molecule has 2 N–H and O–H groups in total. The van der Waals surface area contributed by atoms with E-state index in [4.69, 9.17) is 4.74 Å². The van der Waals surface area contributed by atoms with Crippen LogP contribution < -0.4 is 5.32 Å². The molecule has 0 heterocycles. The molecule has 0 aromatic rings. The Hall–Kier alpha value is -1.31. The van der Waals surface area contributed by atoms with Crippen LogP contribution in [0.2, 0.25) is 0 Å². The summed E-state index contributed by atoms with van der Waals surface area (Å²) in [5, 5.41) is 12.3. The van der Waals surface area contributed by atoms with Gasteiger partial charge in [0.05, 0.1) is 12.0 Å². The number of hydrogen-bond acceptors (Lipinski definition) is 4. The minimum absolute atomic E-state index is 0.120. The van der Waals surface area contributed by atoms with Crippen molar-refractivity contribution in [2.75, 3.05) is 13.2 Å². The highest BCUT2D eigenvalue weighted by molar-refractivity contribution is 5.80. The van der Waals surface area contributed by atoms with Crippen molar-refractivity contribution in [1.82, 2.24) is 5.32 Å². The summed E-state index contributed by atoms with van der Waals surface area (Å²) in [7, 11) is 0. The van der Waals surface area contributed by atoms with Crippen LogP contribution in [0.5, 0.6) is 0 Å². The Labute approximate surface area is 137 Å². The van der Waals surface area contributed by atoms with Gasteiger partial charge in [0.1, 0.15) is 6.54 Å². The van der Waals surface area contributed by atoms with Gasteiger partial charge in [0, 0.05) is 0 Å². The Morgan fingerprint density at radius 2 is 1.79 bits per heavy atom. The number of alkyl halides is 3. The van der Waals surface area contributed by atoms with E-state index < -0.39 is 36.8 Å². The smallest absolute Gasteiger partial charge is 0.405 e. The zero-order valence-corrected chi connectivity index (χ0v) is 13.3. The first-order chi connectivity index (χ1) is 11.1. The summed E-state index contributed by atoms with van der Waals surface area (Å²) in [6.07, 6.45) is 0.632. The van der Waals surface area contributed by atoms with Crippen molar-refractivity contribution in [2.45, 2.75) is 56.7 Å². The maximum Gasteiger partial charge on any atom is 0.405 e. The molecule has 24 heavy (non-hydrogen) atoms. The molecule has 4 aliphatic carbocycles. The van der Waals surface area contributed by atoms with Gasteiger partial charge in [-0.15, -0.1) is 0 Å². The standard InChI is InChI=1S/C16H22F3NO4/c17-16(18,19)9-20-12(21)7-24-13(22)6-14-2-10-1-11(3-14)5-15(23,4-10)8-14/h10-11,23H,1-9H2,(H,20,21)/t10-,11+,14?,15?. The van der Waals surface area contributed by atoms with Gasteiger partial charge in [-0.05, 0) is 55.8 Å². The Kier molecular flexibility index (Phi) is 4.30. The Bertz CT molecular complexity index is 520. The van der Waals surface area contributed by atoms with Crippen molar-refractivity contribution >= 4 is 11.9 Å². The molecule has 1 amide bonds. The normalized spacial score (nSPS) is 37.3. The molecular formula is C16H22F3NO4. The molecule has 4 rings (SSSR count). The van der Waals surface area contributed by atoms with Crippen LogP contribution in [0.1, 0.15) is 44.9 Å². The fourth-order valence-corrected chi connectivity index (χ4v) is 5.36. The maximum atomic E-state index is 12.0. The molecule has 0 radical (unpaired) electrons. The minimum atomic E-state index is -4.49. The Morgan fingerprint density at radius 3 is 2.33 bits per heavy atom. The van der Waals surface area contributed by atoms with Gasteiger partial charge in [-0.2, -0.15) is 13.2 Å². The molecule has 0 saturated heterocycles. The van der Waals surface area contributed by atoms with Gasteiger partial charge in [-0.25, -0.2) is 0 Å². The maximum absolute atomic E-state index is 12.0. The number of esters is 1. The first kappa shape index (κ1) is 17.5. The van der Waals surface area contributed by atoms with Crippen LogP contribution in [-0.2, 0) is 14.3 Å². The predicted octanol–water partition coefficient (Wildman–Crippen LogP) is 1.93. The molecule has 4 aliphatic rings. The lowest BCUT2D eigenvalue weighted by Crippen LogP contribution is -2.56. The number of ether oxygens (including phenoxy) is 1. The summed E-state index contributed by atoms with van der Waals surface area (Å²) in [6.45, 7) is -2.15. The third-order valence-electron chi connectivity index (χ3n) is 5.52. The van der Waals surface area contributed by atoms with Crippen molar-refractivity contribution in [3.8, 4) is 0 Å². The highest BCUT2D eigenvalue weighted by atomic mass is 19.4. The second kappa shape index (κ2) is 5.89. The van der Waals surface area contributed by atoms with Crippen molar-refractivity contribution in [1.29, 1.82) is 0 Å². The van der Waals surface area contributed by atoms with Gasteiger partial charge in [-0.1, -0.05) is 0 Å². The van der Waals surface area contributed by atoms with Crippen molar-refractivity contribution < 1.29 is 32.6 Å². The quantitative estimate of drug-likeness (QED) is 0.744. The third-order valence-corrected chi connectivity index (χ3v) is 5.52. The third kappa shape index (κ3) is 4.02. The fraction of sp³-hybridized carbons (Fsp3) is 0.875. The van der Waals surface area contributed by atoms with E-state index >= 15 is 0 Å². The molecule has 2 unspecified atom stereocenters. The summed E-state index contributed by atoms with van der Waals surface area (Å²) in [6, 6.07) is 0. The lowest BCUT2D eigenvalue weighted by atomic mass is 9.47. The summed E-state index contributed by atoms with van der Waals surface area (Å²) in [5.74, 6) is -0.689. The minimum Gasteiger partial charge on any atom is -0.456 e. The predicted molar refractivity (Wildman–Crippen MR) is 76.7 cm³/mol. The van der Waals surface area contributed by atoms with E-state index in [9.17, 15) is 27.9 Å². The zero-order chi connectivity index (χ0) is 17.6. The van der Waals surface area contributed by atoms with Crippen LogP contribution in [0, 0.1) is 17.3 Å². The summed E-state index contributed by atoms with van der Waals surface area (Å²) < 4.78 is 40.8. The summed E-state index contributed by atoms with van der Waals surface area (Å²) in [5.41, 5.74) is -0.965. The van der Waals surface area contributed by atoms with Crippen LogP contribution in [0.3, 0.4) is 0 Å². The summed E-state index contributed by atoms with van der Waals surface area (Å²) >= 11 is 0. The molecule has 5 nitrogen and oxygen atoms in total. The molecule has 0 aromatic carbocycles. The van der Waals surface area contributed by atoms with Gasteiger partial charge in [-0.3, -0.25) is 9.59 Å². The number of amides is 1. The van der Waals surface area contributed by atoms with Gasteiger partial charge < -0.3 is 15.2 Å². The van der Waals surface area contributed by atoms with Crippen LogP contribution in [0.25, 0.3) is 0 Å². The van der Waals surface area contributed by atoms with Gasteiger partial charge in [0.25, 0.3) is 5.91 Å². The number of hydrogen-bond donors (Lipinski definition) is 2. The molecule has 0 spiro atoms. The number of carbonyl (C=O) groups excluding carboxylic acids is 2. The van der Waals surface area contributed by atoms with Crippen molar-refractivity contribution in [2.24, 2.45) is 17.3 Å². The molecule has 136 valence electrons. The zero-order valence-electron chi connectivity index (χ0n) is 13.3. The summed E-state index contributed by atoms with van der Waals surface area (Å²) in [4.78, 5) is 23.3. The number of halogens is 3. The van der Waals surface area contributed by atoms with E-state index in [0.717, 1.165) is 32.1 Å². The van der Waals surface area contributed by atoms with E-state index in [1.54, 1.807) is 5.32 Å².